The van der Waals surface area contributed by atoms with E-state index in [4.69, 9.17) is 0 Å². The molecule has 1 aliphatic heterocycles. The lowest BCUT2D eigenvalue weighted by atomic mass is 9.91. The Labute approximate surface area is 80.7 Å². The fraction of sp³-hybridized carbons (Fsp3) is 0.778. The van der Waals surface area contributed by atoms with Gasteiger partial charge in [-0.1, -0.05) is 0 Å². The van der Waals surface area contributed by atoms with Crippen LogP contribution in [0.3, 0.4) is 0 Å². The first-order valence-corrected chi connectivity index (χ1v) is 6.98. The van der Waals surface area contributed by atoms with Gasteiger partial charge in [-0.05, 0) is 32.1 Å². The van der Waals surface area contributed by atoms with Crippen LogP contribution in [0.2, 0.25) is 0 Å². The lowest BCUT2D eigenvalue weighted by Gasteiger charge is -2.40. The van der Waals surface area contributed by atoms with Gasteiger partial charge in [-0.25, -0.2) is 10.0 Å². The SMILES string of the molecule is CC1(C)CS(C)(C)C[C]=C1[N+](=O)[O-]. The van der Waals surface area contributed by atoms with Crippen molar-refractivity contribution in [2.45, 2.75) is 13.8 Å². The molecular formula is C9H16NO2S. The Morgan fingerprint density at radius 1 is 1.54 bits per heavy atom. The summed E-state index contributed by atoms with van der Waals surface area (Å²) >= 11 is 0. The maximum Gasteiger partial charge on any atom is 0.257 e. The summed E-state index contributed by atoms with van der Waals surface area (Å²) in [5.74, 6) is 1.70. The zero-order valence-corrected chi connectivity index (χ0v) is 9.40. The highest BCUT2D eigenvalue weighted by Crippen LogP contribution is 2.51. The molecule has 1 rings (SSSR count). The van der Waals surface area contributed by atoms with E-state index >= 15 is 0 Å². The third-order valence-corrected chi connectivity index (χ3v) is 4.63. The van der Waals surface area contributed by atoms with Crippen molar-refractivity contribution in [1.82, 2.24) is 0 Å². The van der Waals surface area contributed by atoms with Crippen LogP contribution in [0.5, 0.6) is 0 Å². The molecule has 3 nitrogen and oxygen atoms in total. The van der Waals surface area contributed by atoms with Gasteiger partial charge in [0.05, 0.1) is 10.3 Å². The molecule has 0 fully saturated rings. The number of nitro groups is 1. The van der Waals surface area contributed by atoms with Crippen LogP contribution in [0.15, 0.2) is 5.70 Å². The molecule has 0 saturated heterocycles. The van der Waals surface area contributed by atoms with Crippen LogP contribution in [0.4, 0.5) is 0 Å². The highest BCUT2D eigenvalue weighted by molar-refractivity contribution is 8.32. The highest BCUT2D eigenvalue weighted by Gasteiger charge is 2.40. The maximum atomic E-state index is 10.7. The van der Waals surface area contributed by atoms with Crippen LogP contribution in [-0.4, -0.2) is 28.9 Å². The summed E-state index contributed by atoms with van der Waals surface area (Å²) in [6.07, 6.45) is 7.37. The molecule has 0 N–H and O–H groups in total. The summed E-state index contributed by atoms with van der Waals surface area (Å²) in [7, 11) is -0.693. The minimum Gasteiger partial charge on any atom is -0.259 e. The molecule has 4 heteroatoms. The minimum absolute atomic E-state index is 0.277. The predicted octanol–water partition coefficient (Wildman–Crippen LogP) is 2.05. The molecular weight excluding hydrogens is 186 g/mol. The van der Waals surface area contributed by atoms with E-state index < -0.39 is 10.0 Å². The summed E-state index contributed by atoms with van der Waals surface area (Å²) in [6.45, 7) is 3.87. The summed E-state index contributed by atoms with van der Waals surface area (Å²) < 4.78 is 0. The van der Waals surface area contributed by atoms with Gasteiger partial charge in [-0.3, -0.25) is 10.1 Å². The van der Waals surface area contributed by atoms with Crippen molar-refractivity contribution in [2.24, 2.45) is 5.41 Å². The molecule has 0 unspecified atom stereocenters. The molecule has 0 aliphatic carbocycles. The molecule has 0 atom stereocenters. The standard InChI is InChI=1S/C9H16NO2S/c1-9(2)7-13(3,4)6-5-8(9)10(11)12/h6-7H2,1-4H3. The van der Waals surface area contributed by atoms with Gasteiger partial charge in [0.1, 0.15) is 0 Å². The van der Waals surface area contributed by atoms with Gasteiger partial charge in [0.25, 0.3) is 5.70 Å². The molecule has 0 aromatic heterocycles. The van der Waals surface area contributed by atoms with Crippen LogP contribution >= 0.6 is 10.0 Å². The molecule has 0 aromatic rings. The van der Waals surface area contributed by atoms with Crippen molar-refractivity contribution >= 4 is 10.0 Å². The third kappa shape index (κ3) is 2.24. The molecule has 1 heterocycles. The number of allylic oxidation sites excluding steroid dienone is 1. The second-order valence-corrected chi connectivity index (χ2v) is 8.83. The van der Waals surface area contributed by atoms with Gasteiger partial charge < -0.3 is 0 Å². The van der Waals surface area contributed by atoms with E-state index in [1.165, 1.54) is 0 Å². The second-order valence-electron chi connectivity index (χ2n) is 4.72. The van der Waals surface area contributed by atoms with Crippen molar-refractivity contribution in [3.05, 3.63) is 21.9 Å². The van der Waals surface area contributed by atoms with E-state index in [0.717, 1.165) is 11.5 Å². The van der Waals surface area contributed by atoms with Crippen molar-refractivity contribution < 1.29 is 4.92 Å². The smallest absolute Gasteiger partial charge is 0.257 e. The largest absolute Gasteiger partial charge is 0.259 e. The van der Waals surface area contributed by atoms with Crippen LogP contribution < -0.4 is 0 Å². The second kappa shape index (κ2) is 3.01. The zero-order chi connectivity index (χ0) is 10.3. The fourth-order valence-electron chi connectivity index (χ4n) is 1.91. The van der Waals surface area contributed by atoms with Crippen LogP contribution in [0, 0.1) is 21.6 Å². The van der Waals surface area contributed by atoms with E-state index in [1.807, 2.05) is 13.8 Å². The van der Waals surface area contributed by atoms with Crippen LogP contribution in [-0.2, 0) is 0 Å². The van der Waals surface area contributed by atoms with E-state index in [-0.39, 0.29) is 16.0 Å². The first-order valence-electron chi connectivity index (χ1n) is 4.19. The quantitative estimate of drug-likeness (QED) is 0.482. The van der Waals surface area contributed by atoms with Crippen molar-refractivity contribution in [1.29, 1.82) is 0 Å². The molecule has 0 bridgehead atoms. The van der Waals surface area contributed by atoms with E-state index in [1.54, 1.807) is 0 Å². The number of hydrogen-bond acceptors (Lipinski definition) is 2. The minimum atomic E-state index is -0.693. The van der Waals surface area contributed by atoms with Crippen molar-refractivity contribution in [2.75, 3.05) is 24.0 Å². The lowest BCUT2D eigenvalue weighted by molar-refractivity contribution is -0.439. The number of hydrogen-bond donors (Lipinski definition) is 0. The molecule has 1 radical (unpaired) electrons. The van der Waals surface area contributed by atoms with Gasteiger partial charge >= 0.3 is 0 Å². The third-order valence-electron chi connectivity index (χ3n) is 2.21. The molecule has 0 amide bonds. The lowest BCUT2D eigenvalue weighted by Crippen LogP contribution is -2.32. The van der Waals surface area contributed by atoms with Gasteiger partial charge in [-0.2, -0.15) is 0 Å². The van der Waals surface area contributed by atoms with Gasteiger partial charge in [0, 0.05) is 11.8 Å². The average Bonchev–Trinajstić information content (AvgIpc) is 1.79. The van der Waals surface area contributed by atoms with Crippen molar-refractivity contribution in [3.8, 4) is 0 Å². The monoisotopic (exact) mass is 202 g/mol. The van der Waals surface area contributed by atoms with E-state index in [0.29, 0.717) is 0 Å². The summed E-state index contributed by atoms with van der Waals surface area (Å²) in [5.41, 5.74) is -0.0278. The Morgan fingerprint density at radius 2 is 2.08 bits per heavy atom. The van der Waals surface area contributed by atoms with Crippen LogP contribution in [0.25, 0.3) is 0 Å². The first-order chi connectivity index (χ1) is 5.75. The maximum absolute atomic E-state index is 10.7. The Bertz CT molecular complexity index is 269. The van der Waals surface area contributed by atoms with Crippen LogP contribution in [0.1, 0.15) is 13.8 Å². The number of nitrogens with zero attached hydrogens (tertiary/aromatic N) is 1. The molecule has 1 aliphatic rings. The molecule has 75 valence electrons. The Morgan fingerprint density at radius 3 is 2.46 bits per heavy atom. The Kier molecular flexibility index (Phi) is 2.45. The average molecular weight is 202 g/mol. The first kappa shape index (κ1) is 10.6. The predicted molar refractivity (Wildman–Crippen MR) is 56.7 cm³/mol. The topological polar surface area (TPSA) is 43.1 Å². The summed E-state index contributed by atoms with van der Waals surface area (Å²) in [5, 5.41) is 10.7. The summed E-state index contributed by atoms with van der Waals surface area (Å²) in [6, 6.07) is 0. The normalized spacial score (nSPS) is 27.5. The van der Waals surface area contributed by atoms with Gasteiger partial charge in [0.15, 0.2) is 0 Å². The number of rotatable bonds is 1. The fourth-order valence-corrected chi connectivity index (χ4v) is 4.63. The van der Waals surface area contributed by atoms with E-state index in [9.17, 15) is 10.1 Å². The van der Waals surface area contributed by atoms with Gasteiger partial charge in [-0.15, -0.1) is 0 Å². The zero-order valence-electron chi connectivity index (χ0n) is 8.59. The Balaban J connectivity index is 3.00. The molecule has 0 saturated carbocycles. The highest BCUT2D eigenvalue weighted by atomic mass is 32.3. The van der Waals surface area contributed by atoms with Gasteiger partial charge in [0.2, 0.25) is 0 Å². The van der Waals surface area contributed by atoms with E-state index in [2.05, 4.69) is 18.6 Å². The molecule has 0 spiro atoms. The Hall–Kier alpha value is -0.510. The summed E-state index contributed by atoms with van der Waals surface area (Å²) in [4.78, 5) is 10.4. The van der Waals surface area contributed by atoms with Crippen molar-refractivity contribution in [3.63, 3.8) is 0 Å². The molecule has 0 aromatic carbocycles. The molecule has 13 heavy (non-hydrogen) atoms.